The van der Waals surface area contributed by atoms with Gasteiger partial charge >= 0.3 is 0 Å². The van der Waals surface area contributed by atoms with Gasteiger partial charge in [0, 0.05) is 54.8 Å². The van der Waals surface area contributed by atoms with Gasteiger partial charge in [0.1, 0.15) is 0 Å². The van der Waals surface area contributed by atoms with Gasteiger partial charge in [0.25, 0.3) is 5.91 Å². The Balaban J connectivity index is 1.47. The SMILES string of the molecule is Cc1ccc(C(=O)N2CCN(S(=O)(=O)c3ccc(Cl)cc3)CC2)cc1-n1cccc1. The number of aryl methyl sites for hydroxylation is 1. The molecule has 0 saturated carbocycles. The van der Waals surface area contributed by atoms with E-state index in [4.69, 9.17) is 11.6 Å². The van der Waals surface area contributed by atoms with Gasteiger partial charge in [-0.15, -0.1) is 0 Å². The summed E-state index contributed by atoms with van der Waals surface area (Å²) in [6, 6.07) is 15.7. The summed E-state index contributed by atoms with van der Waals surface area (Å²) < 4.78 is 29.1. The fourth-order valence-corrected chi connectivity index (χ4v) is 5.13. The number of nitrogens with zero attached hydrogens (tertiary/aromatic N) is 3. The van der Waals surface area contributed by atoms with Crippen molar-refractivity contribution in [1.82, 2.24) is 13.8 Å². The van der Waals surface area contributed by atoms with Crippen molar-refractivity contribution < 1.29 is 13.2 Å². The van der Waals surface area contributed by atoms with Gasteiger partial charge in [-0.2, -0.15) is 4.31 Å². The molecule has 1 aromatic heterocycles. The number of piperazine rings is 1. The second-order valence-corrected chi connectivity index (χ2v) is 9.62. The number of carbonyl (C=O) groups excluding carboxylic acids is 1. The molecule has 3 aromatic rings. The number of hydrogen-bond donors (Lipinski definition) is 0. The zero-order chi connectivity index (χ0) is 21.3. The number of aromatic nitrogens is 1. The van der Waals surface area contributed by atoms with Crippen molar-refractivity contribution in [2.24, 2.45) is 0 Å². The Hall–Kier alpha value is -2.61. The van der Waals surface area contributed by atoms with Crippen molar-refractivity contribution in [3.8, 4) is 5.69 Å². The molecule has 30 heavy (non-hydrogen) atoms. The highest BCUT2D eigenvalue weighted by atomic mass is 35.5. The van der Waals surface area contributed by atoms with Crippen LogP contribution in [0.15, 0.2) is 71.9 Å². The molecule has 1 saturated heterocycles. The Kier molecular flexibility index (Phi) is 5.69. The summed E-state index contributed by atoms with van der Waals surface area (Å²) in [5.74, 6) is -0.0908. The molecule has 2 aromatic carbocycles. The van der Waals surface area contributed by atoms with Gasteiger partial charge in [0.2, 0.25) is 10.0 Å². The lowest BCUT2D eigenvalue weighted by atomic mass is 10.1. The van der Waals surface area contributed by atoms with Crippen molar-refractivity contribution in [1.29, 1.82) is 0 Å². The molecule has 4 rings (SSSR count). The molecule has 2 heterocycles. The lowest BCUT2D eigenvalue weighted by molar-refractivity contribution is 0.0698. The molecule has 0 aliphatic carbocycles. The number of carbonyl (C=O) groups is 1. The van der Waals surface area contributed by atoms with Crippen LogP contribution in [0.4, 0.5) is 0 Å². The molecule has 6 nitrogen and oxygen atoms in total. The van der Waals surface area contributed by atoms with E-state index in [9.17, 15) is 13.2 Å². The first-order valence-corrected chi connectivity index (χ1v) is 11.5. The summed E-state index contributed by atoms with van der Waals surface area (Å²) in [5, 5.41) is 0.488. The fourth-order valence-electron chi connectivity index (χ4n) is 3.59. The monoisotopic (exact) mass is 443 g/mol. The normalized spacial score (nSPS) is 15.3. The molecule has 0 atom stereocenters. The number of halogens is 1. The molecule has 1 aliphatic rings. The first-order chi connectivity index (χ1) is 14.4. The van der Waals surface area contributed by atoms with Gasteiger partial charge in [-0.25, -0.2) is 8.42 Å². The van der Waals surface area contributed by atoms with E-state index in [0.717, 1.165) is 11.3 Å². The molecule has 8 heteroatoms. The minimum absolute atomic E-state index is 0.0908. The first kappa shape index (κ1) is 20.7. The van der Waals surface area contributed by atoms with E-state index in [0.29, 0.717) is 23.7 Å². The molecule has 0 radical (unpaired) electrons. The Morgan fingerprint density at radius 2 is 1.57 bits per heavy atom. The van der Waals surface area contributed by atoms with Crippen LogP contribution in [-0.4, -0.2) is 54.3 Å². The second-order valence-electron chi connectivity index (χ2n) is 7.24. The van der Waals surface area contributed by atoms with E-state index in [1.807, 2.05) is 54.2 Å². The molecule has 156 valence electrons. The minimum atomic E-state index is -3.60. The molecule has 0 N–H and O–H groups in total. The Morgan fingerprint density at radius 3 is 2.20 bits per heavy atom. The van der Waals surface area contributed by atoms with Crippen molar-refractivity contribution in [3.05, 3.63) is 83.1 Å². The van der Waals surface area contributed by atoms with E-state index >= 15 is 0 Å². The molecule has 0 unspecified atom stereocenters. The van der Waals surface area contributed by atoms with E-state index in [1.54, 1.807) is 17.0 Å². The summed E-state index contributed by atoms with van der Waals surface area (Å²) >= 11 is 5.86. The molecule has 0 bridgehead atoms. The first-order valence-electron chi connectivity index (χ1n) is 9.65. The lowest BCUT2D eigenvalue weighted by Crippen LogP contribution is -2.50. The van der Waals surface area contributed by atoms with E-state index in [1.165, 1.54) is 16.4 Å². The van der Waals surface area contributed by atoms with Crippen molar-refractivity contribution in [2.75, 3.05) is 26.2 Å². The topological polar surface area (TPSA) is 62.6 Å². The van der Waals surface area contributed by atoms with Crippen LogP contribution in [0.2, 0.25) is 5.02 Å². The quantitative estimate of drug-likeness (QED) is 0.619. The van der Waals surface area contributed by atoms with Crippen LogP contribution in [0.1, 0.15) is 15.9 Å². The number of sulfonamides is 1. The predicted octanol–water partition coefficient (Wildman–Crippen LogP) is 3.59. The molecule has 1 amide bonds. The second kappa shape index (κ2) is 8.26. The van der Waals surface area contributed by atoms with Crippen LogP contribution in [-0.2, 0) is 10.0 Å². The highest BCUT2D eigenvalue weighted by molar-refractivity contribution is 7.89. The Morgan fingerprint density at radius 1 is 0.933 bits per heavy atom. The van der Waals surface area contributed by atoms with Gasteiger partial charge < -0.3 is 9.47 Å². The predicted molar refractivity (Wildman–Crippen MR) is 117 cm³/mol. The van der Waals surface area contributed by atoms with Crippen LogP contribution in [0, 0.1) is 6.92 Å². The van der Waals surface area contributed by atoms with Crippen LogP contribution < -0.4 is 0 Å². The van der Waals surface area contributed by atoms with Crippen molar-refractivity contribution in [3.63, 3.8) is 0 Å². The van der Waals surface area contributed by atoms with Crippen LogP contribution in [0.5, 0.6) is 0 Å². The third-order valence-corrected chi connectivity index (χ3v) is 7.48. The van der Waals surface area contributed by atoms with Gasteiger partial charge in [-0.05, 0) is 61.0 Å². The van der Waals surface area contributed by atoms with Crippen LogP contribution >= 0.6 is 11.6 Å². The maximum atomic E-state index is 13.0. The van der Waals surface area contributed by atoms with Crippen molar-refractivity contribution >= 4 is 27.5 Å². The minimum Gasteiger partial charge on any atom is -0.336 e. The number of amides is 1. The Bertz CT molecular complexity index is 1150. The third-order valence-electron chi connectivity index (χ3n) is 5.32. The van der Waals surface area contributed by atoms with Gasteiger partial charge in [0.05, 0.1) is 4.90 Å². The average Bonchev–Trinajstić information content (AvgIpc) is 3.29. The lowest BCUT2D eigenvalue weighted by Gasteiger charge is -2.34. The Labute approximate surface area is 181 Å². The van der Waals surface area contributed by atoms with Crippen molar-refractivity contribution in [2.45, 2.75) is 11.8 Å². The largest absolute Gasteiger partial charge is 0.336 e. The van der Waals surface area contributed by atoms with E-state index < -0.39 is 10.0 Å². The zero-order valence-electron chi connectivity index (χ0n) is 16.5. The third kappa shape index (κ3) is 4.01. The zero-order valence-corrected chi connectivity index (χ0v) is 18.1. The molecule has 1 fully saturated rings. The number of hydrogen-bond acceptors (Lipinski definition) is 3. The highest BCUT2D eigenvalue weighted by Crippen LogP contribution is 2.22. The average molecular weight is 444 g/mol. The summed E-state index contributed by atoms with van der Waals surface area (Å²) in [6.07, 6.45) is 3.88. The maximum absolute atomic E-state index is 13.0. The van der Waals surface area contributed by atoms with E-state index in [-0.39, 0.29) is 23.9 Å². The smallest absolute Gasteiger partial charge is 0.254 e. The standard InChI is InChI=1S/C22H22ClN3O3S/c1-17-4-5-18(16-21(17)24-10-2-3-11-24)22(27)25-12-14-26(15-13-25)30(28,29)20-8-6-19(23)7-9-20/h2-11,16H,12-15H2,1H3. The maximum Gasteiger partial charge on any atom is 0.254 e. The number of rotatable bonds is 4. The van der Waals surface area contributed by atoms with Crippen LogP contribution in [0.25, 0.3) is 5.69 Å². The van der Waals surface area contributed by atoms with Gasteiger partial charge in [-0.3, -0.25) is 4.79 Å². The summed E-state index contributed by atoms with van der Waals surface area (Å²) in [6.45, 7) is 3.21. The van der Waals surface area contributed by atoms with Gasteiger partial charge in [-0.1, -0.05) is 17.7 Å². The number of benzene rings is 2. The molecular weight excluding hydrogens is 422 g/mol. The van der Waals surface area contributed by atoms with Crippen LogP contribution in [0.3, 0.4) is 0 Å². The molecular formula is C22H22ClN3O3S. The van der Waals surface area contributed by atoms with Gasteiger partial charge in [0.15, 0.2) is 0 Å². The summed E-state index contributed by atoms with van der Waals surface area (Å²) in [7, 11) is -3.60. The van der Waals surface area contributed by atoms with E-state index in [2.05, 4.69) is 0 Å². The molecule has 0 spiro atoms. The highest BCUT2D eigenvalue weighted by Gasteiger charge is 2.30. The molecule has 1 aliphatic heterocycles. The summed E-state index contributed by atoms with van der Waals surface area (Å²) in [4.78, 5) is 14.9. The fraction of sp³-hybridized carbons (Fsp3) is 0.227. The summed E-state index contributed by atoms with van der Waals surface area (Å²) in [5.41, 5.74) is 2.62.